The van der Waals surface area contributed by atoms with E-state index < -0.39 is 37.5 Å². The van der Waals surface area contributed by atoms with Crippen LogP contribution in [0.5, 0.6) is 0 Å². The topological polar surface area (TPSA) is 155 Å². The Morgan fingerprint density at radius 3 is 2.34 bits per heavy atom. The molecular weight excluding hydrogens is 624 g/mol. The van der Waals surface area contributed by atoms with Gasteiger partial charge in [-0.2, -0.15) is 13.2 Å². The van der Waals surface area contributed by atoms with Gasteiger partial charge < -0.3 is 18.9 Å². The number of fused-ring (bicyclic) bond motifs is 4. The standard InChI is InChI=1S/C27H17F3N5O6P.2Na/c28-27(29,30)17-5-3-6-18(11-17)35-24-19(25(36)34(26(35)37)14-41-42(38,39)40)13-32-22-9-8-21(33-23(22)24)16-10-15-4-1-2-7-20(15)31-12-16;;/h1-13H,14H2,(H2,38,39,40);;/q;2*+1/p-2. The van der Waals surface area contributed by atoms with Crippen LogP contribution < -0.4 is 80.2 Å². The molecule has 0 unspecified atom stereocenters. The van der Waals surface area contributed by atoms with Crippen molar-refractivity contribution in [2.75, 3.05) is 0 Å². The maximum atomic E-state index is 13.6. The first kappa shape index (κ1) is 34.1. The number of benzene rings is 2. The molecule has 0 saturated carbocycles. The number of nitrogens with zero attached hydrogens (tertiary/aromatic N) is 5. The van der Waals surface area contributed by atoms with Gasteiger partial charge in [-0.1, -0.05) is 24.3 Å². The van der Waals surface area contributed by atoms with Crippen molar-refractivity contribution in [1.82, 2.24) is 24.1 Å². The summed E-state index contributed by atoms with van der Waals surface area (Å²) >= 11 is 0. The van der Waals surface area contributed by atoms with Crippen LogP contribution in [0.4, 0.5) is 13.2 Å². The zero-order chi connectivity index (χ0) is 29.8. The zero-order valence-corrected chi connectivity index (χ0v) is 27.9. The summed E-state index contributed by atoms with van der Waals surface area (Å²) in [5.74, 6) is 0. The minimum absolute atomic E-state index is 0. The number of hydrogen-bond donors (Lipinski definition) is 0. The Hall–Kier alpha value is -2.75. The smallest absolute Gasteiger partial charge is 0.790 e. The Kier molecular flexibility index (Phi) is 10.0. The maximum Gasteiger partial charge on any atom is 1.00 e. The minimum atomic E-state index is -5.64. The number of hydrogen-bond acceptors (Lipinski definition) is 9. The summed E-state index contributed by atoms with van der Waals surface area (Å²) in [6.45, 7) is -1.30. The zero-order valence-electron chi connectivity index (χ0n) is 23.0. The minimum Gasteiger partial charge on any atom is -0.790 e. The van der Waals surface area contributed by atoms with Crippen LogP contribution in [0.15, 0.2) is 88.7 Å². The van der Waals surface area contributed by atoms with Crippen LogP contribution in [-0.2, 0) is 22.0 Å². The van der Waals surface area contributed by atoms with Gasteiger partial charge in [0.15, 0.2) is 0 Å². The van der Waals surface area contributed by atoms with E-state index >= 15 is 0 Å². The molecule has 4 heterocycles. The van der Waals surface area contributed by atoms with E-state index in [-0.39, 0.29) is 91.3 Å². The average molecular weight is 639 g/mol. The molecule has 0 radical (unpaired) electrons. The molecule has 0 aliphatic rings. The van der Waals surface area contributed by atoms with Gasteiger partial charge in [0.05, 0.1) is 46.7 Å². The first-order valence-corrected chi connectivity index (χ1v) is 13.5. The van der Waals surface area contributed by atoms with Gasteiger partial charge in [-0.3, -0.25) is 19.3 Å². The Bertz CT molecular complexity index is 2220. The molecule has 4 aromatic heterocycles. The van der Waals surface area contributed by atoms with E-state index in [9.17, 15) is 37.1 Å². The van der Waals surface area contributed by atoms with Gasteiger partial charge >= 0.3 is 71.0 Å². The molecule has 0 atom stereocenters. The van der Waals surface area contributed by atoms with Gasteiger partial charge in [0, 0.05) is 23.3 Å². The molecule has 6 aromatic rings. The van der Waals surface area contributed by atoms with Crippen molar-refractivity contribution in [1.29, 1.82) is 0 Å². The molecule has 44 heavy (non-hydrogen) atoms. The van der Waals surface area contributed by atoms with E-state index in [2.05, 4.69) is 19.5 Å². The van der Waals surface area contributed by atoms with Crippen LogP contribution in [-0.4, -0.2) is 24.1 Å². The van der Waals surface area contributed by atoms with Crippen molar-refractivity contribution in [3.8, 4) is 16.9 Å². The van der Waals surface area contributed by atoms with Gasteiger partial charge in [-0.25, -0.2) is 14.3 Å². The predicted molar refractivity (Wildman–Crippen MR) is 141 cm³/mol. The number of para-hydroxylation sites is 1. The fourth-order valence-corrected chi connectivity index (χ4v) is 4.82. The quantitative estimate of drug-likeness (QED) is 0.110. The fraction of sp³-hybridized carbons (Fsp3) is 0.0741. The number of aromatic nitrogens is 5. The number of phosphoric ester groups is 1. The molecular formula is C27H15F3N5Na2O6P. The summed E-state index contributed by atoms with van der Waals surface area (Å²) in [6, 6.07) is 16.1. The van der Waals surface area contributed by atoms with Crippen molar-refractivity contribution in [2.45, 2.75) is 12.9 Å². The van der Waals surface area contributed by atoms with E-state index in [0.29, 0.717) is 17.3 Å². The number of pyridine rings is 3. The third-order valence-corrected chi connectivity index (χ3v) is 6.90. The van der Waals surface area contributed by atoms with Gasteiger partial charge in [-0.15, -0.1) is 0 Å². The molecule has 0 fully saturated rings. The fourth-order valence-electron chi connectivity index (χ4n) is 4.56. The third-order valence-electron chi connectivity index (χ3n) is 6.47. The van der Waals surface area contributed by atoms with E-state index in [1.807, 2.05) is 30.3 Å². The van der Waals surface area contributed by atoms with Gasteiger partial charge in [0.25, 0.3) is 5.56 Å². The van der Waals surface area contributed by atoms with Gasteiger partial charge in [-0.05, 0) is 42.5 Å². The summed E-state index contributed by atoms with van der Waals surface area (Å²) in [7, 11) is -5.64. The number of halogens is 3. The van der Waals surface area contributed by atoms with Crippen molar-refractivity contribution >= 4 is 40.7 Å². The summed E-state index contributed by atoms with van der Waals surface area (Å²) in [5.41, 5.74) is -2.08. The molecule has 0 N–H and O–H groups in total. The predicted octanol–water partition coefficient (Wildman–Crippen LogP) is -2.86. The molecule has 0 bridgehead atoms. The molecule has 0 spiro atoms. The van der Waals surface area contributed by atoms with Gasteiger partial charge in [0.2, 0.25) is 0 Å². The second-order valence-corrected chi connectivity index (χ2v) is 10.3. The Morgan fingerprint density at radius 2 is 1.61 bits per heavy atom. The molecule has 0 aliphatic carbocycles. The Labute approximate surface area is 289 Å². The second-order valence-electron chi connectivity index (χ2n) is 9.11. The molecule has 212 valence electrons. The largest absolute Gasteiger partial charge is 1.00 e. The Morgan fingerprint density at radius 1 is 0.886 bits per heavy atom. The monoisotopic (exact) mass is 639 g/mol. The van der Waals surface area contributed by atoms with Crippen molar-refractivity contribution in [3.63, 3.8) is 0 Å². The van der Waals surface area contributed by atoms with Crippen molar-refractivity contribution in [2.24, 2.45) is 0 Å². The molecule has 11 nitrogen and oxygen atoms in total. The second kappa shape index (κ2) is 12.9. The summed E-state index contributed by atoms with van der Waals surface area (Å²) in [6.07, 6.45) is -2.13. The molecule has 0 amide bonds. The van der Waals surface area contributed by atoms with Crippen molar-refractivity contribution < 1.29 is 91.2 Å². The first-order valence-electron chi connectivity index (χ1n) is 12.1. The van der Waals surface area contributed by atoms with Crippen LogP contribution in [0.25, 0.3) is 49.8 Å². The number of alkyl halides is 3. The molecule has 0 aliphatic heterocycles. The van der Waals surface area contributed by atoms with Crippen LogP contribution in [0.2, 0.25) is 0 Å². The third kappa shape index (κ3) is 6.60. The normalized spacial score (nSPS) is 11.8. The van der Waals surface area contributed by atoms with Crippen LogP contribution >= 0.6 is 7.82 Å². The van der Waals surface area contributed by atoms with E-state index in [1.54, 1.807) is 18.3 Å². The van der Waals surface area contributed by atoms with Gasteiger partial charge in [0.1, 0.15) is 12.2 Å². The summed E-state index contributed by atoms with van der Waals surface area (Å²) in [5, 5.41) is 0.516. The maximum absolute atomic E-state index is 13.6. The average Bonchev–Trinajstić information content (AvgIpc) is 2.95. The van der Waals surface area contributed by atoms with E-state index in [1.165, 1.54) is 6.07 Å². The van der Waals surface area contributed by atoms with Crippen LogP contribution in [0, 0.1) is 0 Å². The van der Waals surface area contributed by atoms with E-state index in [0.717, 1.165) is 33.8 Å². The Balaban J connectivity index is 0.00000221. The molecule has 2 aromatic carbocycles. The van der Waals surface area contributed by atoms with Crippen molar-refractivity contribution in [3.05, 3.63) is 106 Å². The molecule has 6 rings (SSSR count). The first-order chi connectivity index (χ1) is 19.9. The SMILES string of the molecule is O=c1c2cnc3ccc(-c4cnc5ccccc5c4)nc3c2n(-c2cccc(C(F)(F)F)c2)c(=O)n1COP(=O)([O-])[O-].[Na+].[Na+]. The summed E-state index contributed by atoms with van der Waals surface area (Å²) in [4.78, 5) is 62.5. The van der Waals surface area contributed by atoms with Crippen LogP contribution in [0.3, 0.4) is 0 Å². The van der Waals surface area contributed by atoms with E-state index in [4.69, 9.17) is 0 Å². The molecule has 0 saturated heterocycles. The molecule has 17 heteroatoms. The van der Waals surface area contributed by atoms with Crippen LogP contribution in [0.1, 0.15) is 5.56 Å². The number of rotatable bonds is 5. The number of phosphoric acid groups is 1. The summed E-state index contributed by atoms with van der Waals surface area (Å²) < 4.78 is 57.1.